The summed E-state index contributed by atoms with van der Waals surface area (Å²) in [5, 5.41) is 0. The van der Waals surface area contributed by atoms with Gasteiger partial charge in [0.05, 0.1) is 11.5 Å². The minimum absolute atomic E-state index is 0.104. The van der Waals surface area contributed by atoms with Gasteiger partial charge in [0, 0.05) is 11.5 Å². The molecule has 0 unspecified atom stereocenters. The van der Waals surface area contributed by atoms with Crippen molar-refractivity contribution in [3.8, 4) is 0 Å². The summed E-state index contributed by atoms with van der Waals surface area (Å²) in [6, 6.07) is 0. The second kappa shape index (κ2) is 11.5. The van der Waals surface area contributed by atoms with Gasteiger partial charge in [0.25, 0.3) is 20.2 Å². The first-order valence-corrected chi connectivity index (χ1v) is 14.2. The second-order valence-corrected chi connectivity index (χ2v) is 13.7. The van der Waals surface area contributed by atoms with E-state index >= 15 is 0 Å². The van der Waals surface area contributed by atoms with Gasteiger partial charge in [-0.1, -0.05) is 27.7 Å². The monoisotopic (exact) mass is 450 g/mol. The van der Waals surface area contributed by atoms with Crippen molar-refractivity contribution in [3.05, 3.63) is 0 Å². The highest BCUT2D eigenvalue weighted by atomic mass is 32.2. The summed E-state index contributed by atoms with van der Waals surface area (Å²) in [6.45, 7) is 8.06. The highest BCUT2D eigenvalue weighted by Gasteiger charge is 2.21. The maximum Gasteiger partial charge on any atom is 0.264 e. The molecule has 0 saturated carbocycles. The van der Waals surface area contributed by atoms with E-state index in [9.17, 15) is 16.8 Å². The number of hydrogen-bond donors (Lipinski definition) is 2. The maximum atomic E-state index is 10.8. The summed E-state index contributed by atoms with van der Waals surface area (Å²) in [5.74, 6) is 3.58. The van der Waals surface area contributed by atoms with Gasteiger partial charge in [-0.25, -0.2) is 0 Å². The van der Waals surface area contributed by atoms with Gasteiger partial charge in [-0.05, 0) is 48.0 Å². The molecular formula is C16H34O6S4. The third kappa shape index (κ3) is 17.9. The molecule has 0 heterocycles. The lowest BCUT2D eigenvalue weighted by Crippen LogP contribution is -2.18. The molecule has 0 saturated heterocycles. The van der Waals surface area contributed by atoms with Crippen LogP contribution in [0.4, 0.5) is 0 Å². The lowest BCUT2D eigenvalue weighted by Gasteiger charge is -2.24. The summed E-state index contributed by atoms with van der Waals surface area (Å²) < 4.78 is 60.9. The van der Waals surface area contributed by atoms with E-state index in [1.165, 1.54) is 0 Å². The van der Waals surface area contributed by atoms with Gasteiger partial charge in [0.1, 0.15) is 0 Å². The van der Waals surface area contributed by atoms with Crippen molar-refractivity contribution >= 4 is 43.8 Å². The quantitative estimate of drug-likeness (QED) is 0.286. The Morgan fingerprint density at radius 2 is 0.923 bits per heavy atom. The molecule has 0 amide bonds. The van der Waals surface area contributed by atoms with Crippen molar-refractivity contribution in [2.24, 2.45) is 10.8 Å². The van der Waals surface area contributed by atoms with Crippen molar-refractivity contribution in [2.75, 3.05) is 34.5 Å². The smallest absolute Gasteiger partial charge is 0.264 e. The largest absolute Gasteiger partial charge is 0.286 e. The number of hydrogen-bond acceptors (Lipinski definition) is 6. The van der Waals surface area contributed by atoms with Gasteiger partial charge < -0.3 is 0 Å². The van der Waals surface area contributed by atoms with Crippen LogP contribution in [0.2, 0.25) is 0 Å². The van der Waals surface area contributed by atoms with Crippen LogP contribution in [0.3, 0.4) is 0 Å². The van der Waals surface area contributed by atoms with Crippen LogP contribution in [-0.4, -0.2) is 60.5 Å². The molecule has 0 aliphatic rings. The van der Waals surface area contributed by atoms with Gasteiger partial charge in [-0.3, -0.25) is 9.11 Å². The minimum atomic E-state index is -3.88. The van der Waals surface area contributed by atoms with Gasteiger partial charge in [-0.2, -0.15) is 40.4 Å². The van der Waals surface area contributed by atoms with E-state index in [0.717, 1.165) is 35.9 Å². The Morgan fingerprint density at radius 3 is 1.19 bits per heavy atom. The Balaban J connectivity index is 3.75. The van der Waals surface area contributed by atoms with Crippen LogP contribution in [-0.2, 0) is 20.2 Å². The van der Waals surface area contributed by atoms with E-state index in [2.05, 4.69) is 0 Å². The molecule has 0 rings (SSSR count). The van der Waals surface area contributed by atoms with Crippen LogP contribution in [0.1, 0.15) is 53.4 Å². The van der Waals surface area contributed by atoms with Crippen LogP contribution in [0.5, 0.6) is 0 Å². The molecule has 158 valence electrons. The Kier molecular flexibility index (Phi) is 11.7. The third-order valence-electron chi connectivity index (χ3n) is 4.29. The van der Waals surface area contributed by atoms with Crippen LogP contribution >= 0.6 is 23.5 Å². The van der Waals surface area contributed by atoms with Gasteiger partial charge in [0.15, 0.2) is 0 Å². The maximum absolute atomic E-state index is 10.8. The molecule has 0 bridgehead atoms. The van der Waals surface area contributed by atoms with Crippen LogP contribution in [0.25, 0.3) is 0 Å². The number of thioether (sulfide) groups is 2. The summed E-state index contributed by atoms with van der Waals surface area (Å²) in [4.78, 5) is 0. The van der Waals surface area contributed by atoms with Crippen molar-refractivity contribution < 1.29 is 25.9 Å². The van der Waals surface area contributed by atoms with Crippen LogP contribution in [0.15, 0.2) is 0 Å². The molecule has 0 aliphatic carbocycles. The van der Waals surface area contributed by atoms with Crippen molar-refractivity contribution in [3.63, 3.8) is 0 Å². The van der Waals surface area contributed by atoms with E-state index < -0.39 is 20.2 Å². The molecular weight excluding hydrogens is 416 g/mol. The van der Waals surface area contributed by atoms with Crippen LogP contribution < -0.4 is 0 Å². The lowest BCUT2D eigenvalue weighted by molar-refractivity contribution is 0.337. The predicted octanol–water partition coefficient (Wildman–Crippen LogP) is 3.84. The van der Waals surface area contributed by atoms with E-state index in [0.29, 0.717) is 12.8 Å². The zero-order valence-corrected chi connectivity index (χ0v) is 19.5. The Labute approximate surface area is 168 Å². The SMILES string of the molecule is CC(C)(CCSCCSCCC(C)(C)CCS(=O)(=O)O)CCS(=O)(=O)O. The second-order valence-electron chi connectivity index (χ2n) is 8.13. The average molecular weight is 451 g/mol. The molecule has 6 nitrogen and oxygen atoms in total. The topological polar surface area (TPSA) is 109 Å². The fraction of sp³-hybridized carbons (Fsp3) is 1.00. The zero-order chi connectivity index (χ0) is 20.5. The van der Waals surface area contributed by atoms with Gasteiger partial charge in [0.2, 0.25) is 0 Å². The average Bonchev–Trinajstić information content (AvgIpc) is 2.45. The molecule has 0 fully saturated rings. The normalized spacial score (nSPS) is 13.9. The van der Waals surface area contributed by atoms with Gasteiger partial charge in [-0.15, -0.1) is 0 Å². The fourth-order valence-corrected chi connectivity index (χ4v) is 6.45. The predicted molar refractivity (Wildman–Crippen MR) is 114 cm³/mol. The van der Waals surface area contributed by atoms with Crippen LogP contribution in [0, 0.1) is 10.8 Å². The first-order valence-electron chi connectivity index (χ1n) is 8.68. The Hall–Kier alpha value is 0.520. The summed E-state index contributed by atoms with van der Waals surface area (Å²) in [5.41, 5.74) is -0.208. The molecule has 0 aromatic heterocycles. The highest BCUT2D eigenvalue weighted by molar-refractivity contribution is 8.02. The summed E-state index contributed by atoms with van der Waals surface area (Å²) in [7, 11) is -7.77. The molecule has 0 atom stereocenters. The summed E-state index contributed by atoms with van der Waals surface area (Å²) >= 11 is 3.68. The Bertz CT molecular complexity index is 542. The molecule has 10 heteroatoms. The highest BCUT2D eigenvalue weighted by Crippen LogP contribution is 2.29. The zero-order valence-electron chi connectivity index (χ0n) is 16.2. The molecule has 0 spiro atoms. The minimum Gasteiger partial charge on any atom is -0.286 e. The van der Waals surface area contributed by atoms with Crippen molar-refractivity contribution in [2.45, 2.75) is 53.4 Å². The lowest BCUT2D eigenvalue weighted by atomic mass is 9.87. The fourth-order valence-electron chi connectivity index (χ4n) is 2.08. The molecule has 0 aromatic carbocycles. The first kappa shape index (κ1) is 26.5. The van der Waals surface area contributed by atoms with Crippen molar-refractivity contribution in [1.29, 1.82) is 0 Å². The summed E-state index contributed by atoms with van der Waals surface area (Å²) in [6.07, 6.45) is 2.72. The van der Waals surface area contributed by atoms with Gasteiger partial charge >= 0.3 is 0 Å². The first-order chi connectivity index (χ1) is 11.6. The molecule has 0 aliphatic heterocycles. The molecule has 0 aromatic rings. The van der Waals surface area contributed by atoms with E-state index in [-0.39, 0.29) is 22.3 Å². The number of rotatable bonds is 15. The molecule has 0 radical (unpaired) electrons. The van der Waals surface area contributed by atoms with E-state index in [4.69, 9.17) is 9.11 Å². The van der Waals surface area contributed by atoms with Crippen molar-refractivity contribution in [1.82, 2.24) is 0 Å². The molecule has 2 N–H and O–H groups in total. The third-order valence-corrected chi connectivity index (χ3v) is 7.96. The standard InChI is InChI=1S/C16H34O6S4/c1-15(2,7-13-25(17,18)19)5-9-23-11-12-24-10-6-16(3,4)8-14-26(20,21)22/h5-14H2,1-4H3,(H,17,18,19)(H,20,21,22). The Morgan fingerprint density at radius 1 is 0.615 bits per heavy atom. The van der Waals surface area contributed by atoms with E-state index in [1.807, 2.05) is 51.2 Å². The van der Waals surface area contributed by atoms with E-state index in [1.54, 1.807) is 0 Å². The molecule has 26 heavy (non-hydrogen) atoms.